The van der Waals surface area contributed by atoms with Gasteiger partial charge in [0.1, 0.15) is 5.25 Å². The predicted octanol–water partition coefficient (Wildman–Crippen LogP) is 4.69. The topological polar surface area (TPSA) is 80.2 Å². The van der Waals surface area contributed by atoms with E-state index in [1.807, 2.05) is 39.0 Å². The van der Waals surface area contributed by atoms with Gasteiger partial charge in [-0.15, -0.1) is 0 Å². The minimum atomic E-state index is -0.509. The van der Waals surface area contributed by atoms with E-state index in [9.17, 15) is 9.59 Å². The zero-order valence-electron chi connectivity index (χ0n) is 19.1. The third-order valence-corrected chi connectivity index (χ3v) is 6.26. The summed E-state index contributed by atoms with van der Waals surface area (Å²) in [4.78, 5) is 32.2. The molecule has 1 atom stereocenters. The van der Waals surface area contributed by atoms with E-state index in [1.165, 1.54) is 18.9 Å². The van der Waals surface area contributed by atoms with Crippen LogP contribution in [0.1, 0.15) is 30.9 Å². The lowest BCUT2D eigenvalue weighted by Gasteiger charge is -2.15. The van der Waals surface area contributed by atoms with Crippen LogP contribution in [0.25, 0.3) is 0 Å². The van der Waals surface area contributed by atoms with Gasteiger partial charge in [-0.25, -0.2) is 4.99 Å². The fourth-order valence-electron chi connectivity index (χ4n) is 3.39. The van der Waals surface area contributed by atoms with Gasteiger partial charge in [0.15, 0.2) is 16.7 Å². The summed E-state index contributed by atoms with van der Waals surface area (Å²) in [6.45, 7) is 6.60. The largest absolute Gasteiger partial charge is 0.493 e. The molecule has 7 nitrogen and oxygen atoms in total. The van der Waals surface area contributed by atoms with Crippen LogP contribution in [0.2, 0.25) is 0 Å². The van der Waals surface area contributed by atoms with Crippen LogP contribution in [0.15, 0.2) is 41.4 Å². The summed E-state index contributed by atoms with van der Waals surface area (Å²) in [6.07, 6.45) is 0.868. The van der Waals surface area contributed by atoms with Crippen molar-refractivity contribution in [3.63, 3.8) is 0 Å². The number of carbonyl (C=O) groups is 2. The number of thioether (sulfide) groups is 1. The number of amidine groups is 1. The molecule has 1 unspecified atom stereocenters. The van der Waals surface area contributed by atoms with E-state index in [2.05, 4.69) is 5.32 Å². The second kappa shape index (κ2) is 10.5. The molecule has 0 radical (unpaired) electrons. The van der Waals surface area contributed by atoms with Crippen LogP contribution in [0.4, 0.5) is 11.4 Å². The number of anilines is 1. The summed E-state index contributed by atoms with van der Waals surface area (Å²) in [7, 11) is 3.09. The average Bonchev–Trinajstić information content (AvgIpc) is 3.05. The molecule has 2 aromatic rings. The molecule has 1 saturated heterocycles. The van der Waals surface area contributed by atoms with Crippen molar-refractivity contribution in [1.29, 1.82) is 0 Å². The fraction of sp³-hybridized carbons (Fsp3) is 0.375. The molecule has 170 valence electrons. The molecule has 32 heavy (non-hydrogen) atoms. The zero-order valence-corrected chi connectivity index (χ0v) is 19.9. The Morgan fingerprint density at radius 3 is 2.56 bits per heavy atom. The van der Waals surface area contributed by atoms with E-state index < -0.39 is 5.25 Å². The Morgan fingerprint density at radius 1 is 1.12 bits per heavy atom. The van der Waals surface area contributed by atoms with E-state index >= 15 is 0 Å². The van der Waals surface area contributed by atoms with Gasteiger partial charge >= 0.3 is 0 Å². The van der Waals surface area contributed by atoms with Crippen LogP contribution in [0.3, 0.4) is 0 Å². The SMILES string of the molecule is CCCN1C(=O)C(CC(=O)Nc2ccc(OC)c(OC)c2)SC1=Nc1cc(C)ccc1C. The Hall–Kier alpha value is -3.00. The Balaban J connectivity index is 1.75. The molecule has 1 aliphatic heterocycles. The number of methoxy groups -OCH3 is 2. The van der Waals surface area contributed by atoms with Crippen LogP contribution in [-0.4, -0.2) is 47.9 Å². The first-order valence-electron chi connectivity index (χ1n) is 10.5. The highest BCUT2D eigenvalue weighted by Gasteiger charge is 2.38. The van der Waals surface area contributed by atoms with Gasteiger partial charge in [-0.3, -0.25) is 14.5 Å². The Bertz CT molecular complexity index is 1040. The lowest BCUT2D eigenvalue weighted by molar-refractivity contribution is -0.128. The third-order valence-electron chi connectivity index (χ3n) is 5.09. The Labute approximate surface area is 193 Å². The van der Waals surface area contributed by atoms with Gasteiger partial charge in [0.25, 0.3) is 0 Å². The molecule has 1 N–H and O–H groups in total. The summed E-state index contributed by atoms with van der Waals surface area (Å²) in [6, 6.07) is 11.2. The number of aryl methyl sites for hydroxylation is 2. The minimum Gasteiger partial charge on any atom is -0.493 e. The molecule has 2 amide bonds. The van der Waals surface area contributed by atoms with E-state index in [0.29, 0.717) is 28.9 Å². The normalized spacial score (nSPS) is 17.0. The third kappa shape index (κ3) is 5.43. The predicted molar refractivity (Wildman–Crippen MR) is 129 cm³/mol. The monoisotopic (exact) mass is 455 g/mol. The van der Waals surface area contributed by atoms with Gasteiger partial charge in [0.05, 0.1) is 19.9 Å². The lowest BCUT2D eigenvalue weighted by Crippen LogP contribution is -2.34. The van der Waals surface area contributed by atoms with Crippen LogP contribution >= 0.6 is 11.8 Å². The van der Waals surface area contributed by atoms with Crippen LogP contribution in [0, 0.1) is 13.8 Å². The molecular weight excluding hydrogens is 426 g/mol. The van der Waals surface area contributed by atoms with Crippen molar-refractivity contribution in [3.8, 4) is 11.5 Å². The Morgan fingerprint density at radius 2 is 1.88 bits per heavy atom. The Kier molecular flexibility index (Phi) is 7.80. The number of amides is 2. The van der Waals surface area contributed by atoms with E-state index in [4.69, 9.17) is 14.5 Å². The van der Waals surface area contributed by atoms with Gasteiger partial charge in [-0.05, 0) is 49.6 Å². The number of hydrogen-bond acceptors (Lipinski definition) is 6. The number of hydrogen-bond donors (Lipinski definition) is 1. The second-order valence-electron chi connectivity index (χ2n) is 7.60. The van der Waals surface area contributed by atoms with Crippen molar-refractivity contribution < 1.29 is 19.1 Å². The molecule has 3 rings (SSSR count). The van der Waals surface area contributed by atoms with E-state index in [-0.39, 0.29) is 18.2 Å². The van der Waals surface area contributed by atoms with Crippen LogP contribution in [-0.2, 0) is 9.59 Å². The molecule has 1 aliphatic rings. The highest BCUT2D eigenvalue weighted by atomic mass is 32.2. The number of rotatable bonds is 8. The average molecular weight is 456 g/mol. The summed E-state index contributed by atoms with van der Waals surface area (Å²) >= 11 is 1.35. The fourth-order valence-corrected chi connectivity index (χ4v) is 4.57. The first-order chi connectivity index (χ1) is 15.4. The molecule has 2 aromatic carbocycles. The number of nitrogens with zero attached hydrogens (tertiary/aromatic N) is 2. The van der Waals surface area contributed by atoms with Crippen LogP contribution < -0.4 is 14.8 Å². The molecular formula is C24H29N3O4S. The number of nitrogens with one attached hydrogen (secondary N) is 1. The van der Waals surface area contributed by atoms with E-state index in [1.54, 1.807) is 30.2 Å². The number of carbonyl (C=O) groups excluding carboxylic acids is 2. The maximum absolute atomic E-state index is 13.0. The summed E-state index contributed by atoms with van der Waals surface area (Å²) in [5.74, 6) is 0.777. The van der Waals surface area contributed by atoms with Gasteiger partial charge in [-0.2, -0.15) is 0 Å². The van der Waals surface area contributed by atoms with Gasteiger partial charge < -0.3 is 14.8 Å². The van der Waals surface area contributed by atoms with Gasteiger partial charge in [-0.1, -0.05) is 30.8 Å². The molecule has 0 saturated carbocycles. The highest BCUT2D eigenvalue weighted by molar-refractivity contribution is 8.15. The second-order valence-corrected chi connectivity index (χ2v) is 8.77. The zero-order chi connectivity index (χ0) is 23.3. The van der Waals surface area contributed by atoms with Gasteiger partial charge in [0, 0.05) is 24.7 Å². The number of ether oxygens (including phenoxy) is 2. The quantitative estimate of drug-likeness (QED) is 0.625. The molecule has 0 aliphatic carbocycles. The van der Waals surface area contributed by atoms with Crippen molar-refractivity contribution in [1.82, 2.24) is 4.90 Å². The molecule has 0 spiro atoms. The number of aliphatic imine (C=N–C) groups is 1. The van der Waals surface area contributed by atoms with Crippen molar-refractivity contribution in [2.45, 2.75) is 38.9 Å². The first kappa shape index (κ1) is 23.7. The maximum Gasteiger partial charge on any atom is 0.242 e. The minimum absolute atomic E-state index is 0.0594. The van der Waals surface area contributed by atoms with Crippen molar-refractivity contribution in [3.05, 3.63) is 47.5 Å². The maximum atomic E-state index is 13.0. The van der Waals surface area contributed by atoms with Crippen LogP contribution in [0.5, 0.6) is 11.5 Å². The first-order valence-corrected chi connectivity index (χ1v) is 11.4. The number of benzene rings is 2. The molecule has 1 heterocycles. The molecule has 0 aromatic heterocycles. The smallest absolute Gasteiger partial charge is 0.242 e. The van der Waals surface area contributed by atoms with Gasteiger partial charge in [0.2, 0.25) is 11.8 Å². The lowest BCUT2D eigenvalue weighted by atomic mass is 10.1. The standard InChI is InChI=1S/C24H29N3O4S/c1-6-11-27-23(29)21(32-24(27)26-18-12-15(2)7-8-16(18)3)14-22(28)25-17-9-10-19(30-4)20(13-17)31-5/h7-10,12-13,21H,6,11,14H2,1-5H3,(H,25,28). The van der Waals surface area contributed by atoms with Crippen molar-refractivity contribution in [2.75, 3.05) is 26.1 Å². The summed E-state index contributed by atoms with van der Waals surface area (Å²) < 4.78 is 10.5. The summed E-state index contributed by atoms with van der Waals surface area (Å²) in [5, 5.41) is 2.98. The van der Waals surface area contributed by atoms with Crippen molar-refractivity contribution in [2.24, 2.45) is 4.99 Å². The van der Waals surface area contributed by atoms with E-state index in [0.717, 1.165) is 23.2 Å². The summed E-state index contributed by atoms with van der Waals surface area (Å²) in [5.41, 5.74) is 3.58. The molecule has 1 fully saturated rings. The molecule has 8 heteroatoms. The highest BCUT2D eigenvalue weighted by Crippen LogP contribution is 2.34. The molecule has 0 bridgehead atoms. The van der Waals surface area contributed by atoms with Crippen molar-refractivity contribution >= 4 is 40.1 Å².